The molecule has 0 aliphatic carbocycles. The van der Waals surface area contributed by atoms with Gasteiger partial charge in [-0.1, -0.05) is 5.92 Å². The summed E-state index contributed by atoms with van der Waals surface area (Å²) in [5, 5.41) is 0. The third-order valence-corrected chi connectivity index (χ3v) is 2.52. The molecule has 0 fully saturated rings. The standard InChI is InChI=1S/C6H9O5P/c1-4-5-11-6(7)12(8,9-2)10-3/h1H,5H2,2-3H3. The largest absolute Gasteiger partial charge is 0.443 e. The predicted octanol–water partition coefficient (Wildman–Crippen LogP) is 1.24. The fourth-order valence-electron chi connectivity index (χ4n) is 0.406. The molecule has 0 saturated carbocycles. The molecule has 0 N–H and O–H groups in total. The number of hydrogen-bond acceptors (Lipinski definition) is 5. The maximum absolute atomic E-state index is 11.2. The minimum atomic E-state index is -3.76. The van der Waals surface area contributed by atoms with Gasteiger partial charge >= 0.3 is 13.3 Å². The highest BCUT2D eigenvalue weighted by Gasteiger charge is 2.34. The smallest absolute Gasteiger partial charge is 0.437 e. The van der Waals surface area contributed by atoms with E-state index in [1.54, 1.807) is 0 Å². The van der Waals surface area contributed by atoms with Crippen LogP contribution in [0.2, 0.25) is 0 Å². The van der Waals surface area contributed by atoms with E-state index in [1.807, 2.05) is 5.92 Å². The molecule has 0 amide bonds. The molecule has 68 valence electrons. The Balaban J connectivity index is 4.25. The first-order valence-corrected chi connectivity index (χ1v) is 4.47. The molecule has 0 heterocycles. The summed E-state index contributed by atoms with van der Waals surface area (Å²) in [4.78, 5) is 10.9. The zero-order valence-corrected chi connectivity index (χ0v) is 7.67. The van der Waals surface area contributed by atoms with Gasteiger partial charge in [0.15, 0.2) is 6.61 Å². The molecule has 0 aromatic rings. The van der Waals surface area contributed by atoms with Gasteiger partial charge in [-0.15, -0.1) is 6.42 Å². The Hall–Kier alpha value is -0.820. The lowest BCUT2D eigenvalue weighted by atomic mass is 10.8. The van der Waals surface area contributed by atoms with Crippen LogP contribution in [0.15, 0.2) is 0 Å². The SMILES string of the molecule is C#CCOC(=O)P(=O)(OC)OC. The maximum atomic E-state index is 11.2. The summed E-state index contributed by atoms with van der Waals surface area (Å²) in [6.07, 6.45) is 4.80. The Labute approximate surface area is 70.5 Å². The van der Waals surface area contributed by atoms with Crippen molar-refractivity contribution in [3.8, 4) is 12.3 Å². The molecular weight excluding hydrogens is 183 g/mol. The van der Waals surface area contributed by atoms with Crippen LogP contribution in [0.4, 0.5) is 4.79 Å². The zero-order chi connectivity index (χ0) is 9.61. The van der Waals surface area contributed by atoms with Crippen LogP contribution in [0.5, 0.6) is 0 Å². The molecule has 0 aliphatic heterocycles. The summed E-state index contributed by atoms with van der Waals surface area (Å²) < 4.78 is 24.2. The van der Waals surface area contributed by atoms with E-state index in [9.17, 15) is 9.36 Å². The number of carbonyl (C=O) groups excluding carboxylic acids is 1. The number of hydrogen-bond donors (Lipinski definition) is 0. The van der Waals surface area contributed by atoms with Crippen LogP contribution in [0, 0.1) is 12.3 Å². The summed E-state index contributed by atoms with van der Waals surface area (Å²) in [5.74, 6) is 2.04. The molecule has 0 aliphatic rings. The van der Waals surface area contributed by atoms with Gasteiger partial charge in [0, 0.05) is 14.2 Å². The number of ether oxygens (including phenoxy) is 1. The number of terminal acetylenes is 1. The minimum Gasteiger partial charge on any atom is -0.443 e. The first-order chi connectivity index (χ1) is 5.60. The number of rotatable bonds is 4. The Morgan fingerprint density at radius 3 is 2.33 bits per heavy atom. The monoisotopic (exact) mass is 192 g/mol. The fourth-order valence-corrected chi connectivity index (χ4v) is 1.08. The van der Waals surface area contributed by atoms with Crippen LogP contribution in [0.1, 0.15) is 0 Å². The molecular formula is C6H9O5P. The third-order valence-electron chi connectivity index (χ3n) is 0.983. The van der Waals surface area contributed by atoms with Gasteiger partial charge in [-0.3, -0.25) is 0 Å². The molecule has 0 radical (unpaired) electrons. The summed E-state index contributed by atoms with van der Waals surface area (Å²) in [5.41, 5.74) is -1.08. The second kappa shape index (κ2) is 4.94. The highest BCUT2D eigenvalue weighted by Crippen LogP contribution is 2.48. The molecule has 0 saturated heterocycles. The van der Waals surface area contributed by atoms with Gasteiger partial charge in [0.25, 0.3) is 0 Å². The van der Waals surface area contributed by atoms with E-state index in [-0.39, 0.29) is 6.61 Å². The lowest BCUT2D eigenvalue weighted by Gasteiger charge is -2.10. The average molecular weight is 192 g/mol. The van der Waals surface area contributed by atoms with Crippen LogP contribution in [-0.4, -0.2) is 26.5 Å². The normalized spacial score (nSPS) is 10.4. The highest BCUT2D eigenvalue weighted by atomic mass is 31.2. The summed E-state index contributed by atoms with van der Waals surface area (Å²) >= 11 is 0. The maximum Gasteiger partial charge on any atom is 0.437 e. The quantitative estimate of drug-likeness (QED) is 0.495. The van der Waals surface area contributed by atoms with Crippen molar-refractivity contribution in [2.45, 2.75) is 0 Å². The fraction of sp³-hybridized carbons (Fsp3) is 0.500. The molecule has 0 aromatic carbocycles. The van der Waals surface area contributed by atoms with Crippen LogP contribution in [0.3, 0.4) is 0 Å². The lowest BCUT2D eigenvalue weighted by Crippen LogP contribution is -2.06. The van der Waals surface area contributed by atoms with Gasteiger partial charge in [0.05, 0.1) is 0 Å². The van der Waals surface area contributed by atoms with Crippen molar-refractivity contribution in [3.63, 3.8) is 0 Å². The lowest BCUT2D eigenvalue weighted by molar-refractivity contribution is 0.169. The van der Waals surface area contributed by atoms with Gasteiger partial charge in [-0.05, 0) is 0 Å². The molecule has 0 rings (SSSR count). The molecule has 5 nitrogen and oxygen atoms in total. The van der Waals surface area contributed by atoms with Crippen molar-refractivity contribution >= 4 is 13.3 Å². The first kappa shape index (κ1) is 11.2. The summed E-state index contributed by atoms with van der Waals surface area (Å²) in [6, 6.07) is 0. The van der Waals surface area contributed by atoms with E-state index in [1.165, 1.54) is 0 Å². The Morgan fingerprint density at radius 2 is 2.00 bits per heavy atom. The van der Waals surface area contributed by atoms with Crippen molar-refractivity contribution in [2.24, 2.45) is 0 Å². The van der Waals surface area contributed by atoms with Crippen LogP contribution >= 0.6 is 7.60 Å². The van der Waals surface area contributed by atoms with E-state index in [0.717, 1.165) is 14.2 Å². The van der Waals surface area contributed by atoms with Crippen molar-refractivity contribution in [3.05, 3.63) is 0 Å². The van der Waals surface area contributed by atoms with Crippen molar-refractivity contribution in [1.82, 2.24) is 0 Å². The van der Waals surface area contributed by atoms with E-state index < -0.39 is 13.3 Å². The Morgan fingerprint density at radius 1 is 1.50 bits per heavy atom. The second-order valence-corrected chi connectivity index (χ2v) is 3.71. The summed E-state index contributed by atoms with van der Waals surface area (Å²) in [6.45, 7) is -0.254. The van der Waals surface area contributed by atoms with E-state index in [4.69, 9.17) is 6.42 Å². The minimum absolute atomic E-state index is 0.254. The summed E-state index contributed by atoms with van der Waals surface area (Å²) in [7, 11) is -1.59. The van der Waals surface area contributed by atoms with Gasteiger partial charge in [-0.25, -0.2) is 9.36 Å². The van der Waals surface area contributed by atoms with E-state index in [0.29, 0.717) is 0 Å². The number of carbonyl (C=O) groups is 1. The molecule has 0 aromatic heterocycles. The van der Waals surface area contributed by atoms with Gasteiger partial charge in [0.1, 0.15) is 0 Å². The topological polar surface area (TPSA) is 61.8 Å². The Kier molecular flexibility index (Phi) is 4.60. The van der Waals surface area contributed by atoms with Crippen LogP contribution in [0.25, 0.3) is 0 Å². The van der Waals surface area contributed by atoms with Gasteiger partial charge in [0.2, 0.25) is 0 Å². The zero-order valence-electron chi connectivity index (χ0n) is 6.77. The van der Waals surface area contributed by atoms with E-state index in [2.05, 4.69) is 13.8 Å². The Bertz CT molecular complexity index is 233. The van der Waals surface area contributed by atoms with Crippen LogP contribution < -0.4 is 0 Å². The first-order valence-electron chi connectivity index (χ1n) is 2.93. The second-order valence-electron chi connectivity index (χ2n) is 1.62. The molecule has 0 unspecified atom stereocenters. The van der Waals surface area contributed by atoms with Crippen LogP contribution in [-0.2, 0) is 18.3 Å². The molecule has 12 heavy (non-hydrogen) atoms. The molecule has 0 atom stereocenters. The predicted molar refractivity (Wildman–Crippen MR) is 41.8 cm³/mol. The van der Waals surface area contributed by atoms with Gasteiger partial charge in [-0.2, -0.15) is 0 Å². The van der Waals surface area contributed by atoms with Crippen molar-refractivity contribution in [1.29, 1.82) is 0 Å². The van der Waals surface area contributed by atoms with E-state index >= 15 is 0 Å². The van der Waals surface area contributed by atoms with Crippen molar-refractivity contribution in [2.75, 3.05) is 20.8 Å². The molecule has 0 spiro atoms. The third kappa shape index (κ3) is 2.67. The van der Waals surface area contributed by atoms with Gasteiger partial charge < -0.3 is 13.8 Å². The average Bonchev–Trinajstić information content (AvgIpc) is 2.12. The highest BCUT2D eigenvalue weighted by molar-refractivity contribution is 7.71. The van der Waals surface area contributed by atoms with Crippen molar-refractivity contribution < 1.29 is 23.1 Å². The molecule has 0 bridgehead atoms. The molecule has 6 heteroatoms.